The third-order valence-electron chi connectivity index (χ3n) is 2.64. The second-order valence-corrected chi connectivity index (χ2v) is 3.99. The number of carboxylic acid groups (broad SMARTS) is 1. The molecular formula is C13H15N3O3. The van der Waals surface area contributed by atoms with Crippen LogP contribution in [0.2, 0.25) is 0 Å². The Bertz CT molecular complexity index is 552. The summed E-state index contributed by atoms with van der Waals surface area (Å²) in [4.78, 5) is 10.8. The maximum Gasteiger partial charge on any atom is 0.341 e. The van der Waals surface area contributed by atoms with Crippen molar-refractivity contribution >= 4 is 11.8 Å². The molecule has 0 aliphatic rings. The molecule has 3 N–H and O–H groups in total. The van der Waals surface area contributed by atoms with E-state index in [1.165, 1.54) is 10.9 Å². The quantitative estimate of drug-likeness (QED) is 0.771. The highest BCUT2D eigenvalue weighted by Crippen LogP contribution is 2.12. The van der Waals surface area contributed by atoms with Gasteiger partial charge in [-0.1, -0.05) is 18.2 Å². The first-order valence-electron chi connectivity index (χ1n) is 5.91. The van der Waals surface area contributed by atoms with Crippen LogP contribution in [-0.4, -0.2) is 27.5 Å². The number of ether oxygens (including phenoxy) is 1. The Hall–Kier alpha value is -2.50. The zero-order valence-electron chi connectivity index (χ0n) is 10.3. The van der Waals surface area contributed by atoms with Crippen LogP contribution >= 0.6 is 0 Å². The topological polar surface area (TPSA) is 90.4 Å². The third-order valence-corrected chi connectivity index (χ3v) is 2.64. The van der Waals surface area contributed by atoms with Crippen LogP contribution in [-0.2, 0) is 6.54 Å². The van der Waals surface area contributed by atoms with Gasteiger partial charge in [0.15, 0.2) is 0 Å². The minimum Gasteiger partial charge on any atom is -0.494 e. The van der Waals surface area contributed by atoms with E-state index in [0.29, 0.717) is 19.6 Å². The summed E-state index contributed by atoms with van der Waals surface area (Å²) in [7, 11) is 0. The average Bonchev–Trinajstić information content (AvgIpc) is 2.77. The molecule has 1 heterocycles. The van der Waals surface area contributed by atoms with Crippen LogP contribution in [0.15, 0.2) is 36.5 Å². The summed E-state index contributed by atoms with van der Waals surface area (Å²) in [5.74, 6) is -0.0846. The molecule has 2 rings (SSSR count). The fourth-order valence-electron chi connectivity index (χ4n) is 1.66. The molecule has 0 aliphatic heterocycles. The van der Waals surface area contributed by atoms with Gasteiger partial charge in [0.25, 0.3) is 0 Å². The molecule has 0 unspecified atom stereocenters. The van der Waals surface area contributed by atoms with Gasteiger partial charge in [-0.15, -0.1) is 0 Å². The lowest BCUT2D eigenvalue weighted by atomic mass is 10.3. The van der Waals surface area contributed by atoms with Gasteiger partial charge < -0.3 is 15.6 Å². The van der Waals surface area contributed by atoms with Crippen molar-refractivity contribution in [2.45, 2.75) is 13.0 Å². The van der Waals surface area contributed by atoms with Crippen molar-refractivity contribution in [3.8, 4) is 5.75 Å². The second-order valence-electron chi connectivity index (χ2n) is 3.99. The monoisotopic (exact) mass is 261 g/mol. The minimum atomic E-state index is -1.07. The first-order valence-corrected chi connectivity index (χ1v) is 5.91. The van der Waals surface area contributed by atoms with Gasteiger partial charge >= 0.3 is 5.97 Å². The van der Waals surface area contributed by atoms with E-state index in [0.717, 1.165) is 5.75 Å². The van der Waals surface area contributed by atoms with Crippen LogP contribution < -0.4 is 10.5 Å². The minimum absolute atomic E-state index is 0.0315. The maximum atomic E-state index is 10.8. The van der Waals surface area contributed by atoms with E-state index in [-0.39, 0.29) is 11.4 Å². The van der Waals surface area contributed by atoms with Gasteiger partial charge in [-0.3, -0.25) is 0 Å². The molecular weight excluding hydrogens is 246 g/mol. The summed E-state index contributed by atoms with van der Waals surface area (Å²) in [6, 6.07) is 9.49. The summed E-state index contributed by atoms with van der Waals surface area (Å²) in [6.45, 7) is 1.04. The first kappa shape index (κ1) is 12.9. The molecule has 0 aliphatic carbocycles. The lowest BCUT2D eigenvalue weighted by Crippen LogP contribution is -2.10. The van der Waals surface area contributed by atoms with Gasteiger partial charge in [-0.2, -0.15) is 5.10 Å². The molecule has 19 heavy (non-hydrogen) atoms. The number of carbonyl (C=O) groups is 1. The fraction of sp³-hybridized carbons (Fsp3) is 0.231. The molecule has 0 amide bonds. The number of nitrogen functional groups attached to an aromatic ring is 1. The van der Waals surface area contributed by atoms with Gasteiger partial charge in [0.05, 0.1) is 12.8 Å². The number of aromatic carboxylic acids is 1. The number of nitrogens with zero attached hydrogens (tertiary/aromatic N) is 2. The number of carboxylic acids is 1. The number of hydrogen-bond acceptors (Lipinski definition) is 4. The van der Waals surface area contributed by atoms with Crippen LogP contribution in [0.5, 0.6) is 5.75 Å². The Morgan fingerprint density at radius 3 is 2.74 bits per heavy atom. The molecule has 6 nitrogen and oxygen atoms in total. The van der Waals surface area contributed by atoms with Crippen molar-refractivity contribution in [1.82, 2.24) is 9.78 Å². The highest BCUT2D eigenvalue weighted by atomic mass is 16.5. The maximum absolute atomic E-state index is 10.8. The highest BCUT2D eigenvalue weighted by molar-refractivity contribution is 5.92. The number of rotatable bonds is 6. The number of aryl methyl sites for hydroxylation is 1. The van der Waals surface area contributed by atoms with Crippen LogP contribution in [0.1, 0.15) is 16.8 Å². The summed E-state index contributed by atoms with van der Waals surface area (Å²) < 4.78 is 6.99. The molecule has 0 radical (unpaired) electrons. The average molecular weight is 261 g/mol. The smallest absolute Gasteiger partial charge is 0.341 e. The normalized spacial score (nSPS) is 10.3. The number of para-hydroxylation sites is 1. The van der Waals surface area contributed by atoms with Crippen LogP contribution in [0.25, 0.3) is 0 Å². The predicted octanol–water partition coefficient (Wildman–Crippen LogP) is 1.63. The van der Waals surface area contributed by atoms with Gasteiger partial charge in [0.1, 0.15) is 17.1 Å². The zero-order chi connectivity index (χ0) is 13.7. The van der Waals surface area contributed by atoms with Gasteiger partial charge in [0.2, 0.25) is 0 Å². The van der Waals surface area contributed by atoms with Crippen molar-refractivity contribution in [2.24, 2.45) is 0 Å². The van der Waals surface area contributed by atoms with Gasteiger partial charge in [-0.25, -0.2) is 9.48 Å². The summed E-state index contributed by atoms with van der Waals surface area (Å²) in [6.07, 6.45) is 1.95. The summed E-state index contributed by atoms with van der Waals surface area (Å²) >= 11 is 0. The van der Waals surface area contributed by atoms with E-state index in [9.17, 15) is 4.79 Å². The Morgan fingerprint density at radius 1 is 1.37 bits per heavy atom. The predicted molar refractivity (Wildman–Crippen MR) is 70.2 cm³/mol. The van der Waals surface area contributed by atoms with Crippen molar-refractivity contribution in [2.75, 3.05) is 12.3 Å². The molecule has 0 atom stereocenters. The van der Waals surface area contributed by atoms with E-state index in [2.05, 4.69) is 5.10 Å². The Kier molecular flexibility index (Phi) is 4.02. The Balaban J connectivity index is 1.82. The van der Waals surface area contributed by atoms with E-state index in [1.54, 1.807) is 0 Å². The van der Waals surface area contributed by atoms with Crippen molar-refractivity contribution in [3.05, 3.63) is 42.1 Å². The fourth-order valence-corrected chi connectivity index (χ4v) is 1.66. The molecule has 0 bridgehead atoms. The Morgan fingerprint density at radius 2 is 2.11 bits per heavy atom. The number of benzene rings is 1. The van der Waals surface area contributed by atoms with Crippen LogP contribution in [0.4, 0.5) is 5.82 Å². The molecule has 0 saturated carbocycles. The Labute approximate surface area is 110 Å². The van der Waals surface area contributed by atoms with E-state index < -0.39 is 5.97 Å². The molecule has 1 aromatic carbocycles. The van der Waals surface area contributed by atoms with Crippen LogP contribution in [0.3, 0.4) is 0 Å². The molecule has 6 heteroatoms. The second kappa shape index (κ2) is 5.90. The molecule has 100 valence electrons. The number of anilines is 1. The number of nitrogens with two attached hydrogens (primary N) is 1. The van der Waals surface area contributed by atoms with E-state index in [4.69, 9.17) is 15.6 Å². The van der Waals surface area contributed by atoms with Crippen LogP contribution in [0, 0.1) is 0 Å². The lowest BCUT2D eigenvalue weighted by molar-refractivity contribution is 0.0698. The standard InChI is InChI=1S/C13H15N3O3/c14-12-11(13(17)18)9-15-16(12)7-4-8-19-10-5-2-1-3-6-10/h1-3,5-6,9H,4,7-8,14H2,(H,17,18). The molecule has 0 saturated heterocycles. The van der Waals surface area contributed by atoms with Gasteiger partial charge in [-0.05, 0) is 12.1 Å². The largest absolute Gasteiger partial charge is 0.494 e. The first-order chi connectivity index (χ1) is 9.18. The summed E-state index contributed by atoms with van der Waals surface area (Å²) in [5.41, 5.74) is 5.71. The third kappa shape index (κ3) is 3.25. The molecule has 1 aromatic heterocycles. The SMILES string of the molecule is Nc1c(C(=O)O)cnn1CCCOc1ccccc1. The van der Waals surface area contributed by atoms with Gasteiger partial charge in [0, 0.05) is 13.0 Å². The van der Waals surface area contributed by atoms with Crippen molar-refractivity contribution in [3.63, 3.8) is 0 Å². The number of aromatic nitrogens is 2. The van der Waals surface area contributed by atoms with E-state index in [1.807, 2.05) is 30.3 Å². The molecule has 2 aromatic rings. The molecule has 0 fully saturated rings. The highest BCUT2D eigenvalue weighted by Gasteiger charge is 2.13. The van der Waals surface area contributed by atoms with Crippen molar-refractivity contribution in [1.29, 1.82) is 0 Å². The lowest BCUT2D eigenvalue weighted by Gasteiger charge is -2.07. The summed E-state index contributed by atoms with van der Waals surface area (Å²) in [5, 5.41) is 12.8. The van der Waals surface area contributed by atoms with E-state index >= 15 is 0 Å². The zero-order valence-corrected chi connectivity index (χ0v) is 10.3. The molecule has 0 spiro atoms. The van der Waals surface area contributed by atoms with Crippen molar-refractivity contribution < 1.29 is 14.6 Å². The number of hydrogen-bond donors (Lipinski definition) is 2.